The lowest BCUT2D eigenvalue weighted by Crippen LogP contribution is -2.33. The lowest BCUT2D eigenvalue weighted by atomic mass is 9.79. The summed E-state index contributed by atoms with van der Waals surface area (Å²) in [6, 6.07) is 0. The van der Waals surface area contributed by atoms with E-state index in [0.717, 1.165) is 19.3 Å². The van der Waals surface area contributed by atoms with Gasteiger partial charge < -0.3 is 9.84 Å². The van der Waals surface area contributed by atoms with Gasteiger partial charge in [-0.05, 0) is 32.1 Å². The van der Waals surface area contributed by atoms with Gasteiger partial charge in [0.2, 0.25) is 0 Å². The summed E-state index contributed by atoms with van der Waals surface area (Å²) in [7, 11) is 0. The minimum Gasteiger partial charge on any atom is -0.481 e. The van der Waals surface area contributed by atoms with E-state index in [9.17, 15) is 9.59 Å². The Bertz CT molecular complexity index is 362. The van der Waals surface area contributed by atoms with Crippen LogP contribution in [0, 0.1) is 11.8 Å². The summed E-state index contributed by atoms with van der Waals surface area (Å²) < 4.78 is 5.25. The highest BCUT2D eigenvalue weighted by Crippen LogP contribution is 2.31. The molecule has 0 aliphatic heterocycles. The first-order chi connectivity index (χ1) is 10.7. The maximum atomic E-state index is 12.0. The molecule has 0 amide bonds. The molecule has 2 unspecified atom stereocenters. The fraction of sp³-hybridized carbons (Fsp3) is 0.778. The molecule has 1 saturated carbocycles. The van der Waals surface area contributed by atoms with Gasteiger partial charge in [0.1, 0.15) is 0 Å². The maximum absolute atomic E-state index is 12.0. The van der Waals surface area contributed by atoms with E-state index >= 15 is 0 Å². The molecule has 1 N–H and O–H groups in total. The molecule has 1 fully saturated rings. The predicted octanol–water partition coefficient (Wildman–Crippen LogP) is 4.34. The largest absolute Gasteiger partial charge is 0.481 e. The van der Waals surface area contributed by atoms with Crippen molar-refractivity contribution in [1.82, 2.24) is 0 Å². The number of allylic oxidation sites excluding steroid dienone is 1. The maximum Gasteiger partial charge on any atom is 0.309 e. The van der Waals surface area contributed by atoms with Gasteiger partial charge in [0.25, 0.3) is 0 Å². The van der Waals surface area contributed by atoms with Crippen LogP contribution in [0.3, 0.4) is 0 Å². The van der Waals surface area contributed by atoms with Gasteiger partial charge in [-0.2, -0.15) is 0 Å². The average molecular weight is 310 g/mol. The van der Waals surface area contributed by atoms with Crippen molar-refractivity contribution < 1.29 is 19.4 Å². The van der Waals surface area contributed by atoms with E-state index in [1.165, 1.54) is 25.7 Å². The molecular weight excluding hydrogens is 280 g/mol. The lowest BCUT2D eigenvalue weighted by Gasteiger charge is -2.26. The van der Waals surface area contributed by atoms with Crippen LogP contribution in [0.15, 0.2) is 12.2 Å². The Morgan fingerprint density at radius 2 is 1.73 bits per heavy atom. The van der Waals surface area contributed by atoms with Crippen LogP contribution < -0.4 is 0 Å². The van der Waals surface area contributed by atoms with Gasteiger partial charge in [-0.1, -0.05) is 51.2 Å². The Morgan fingerprint density at radius 1 is 1.05 bits per heavy atom. The number of carboxylic acids is 1. The summed E-state index contributed by atoms with van der Waals surface area (Å²) in [6.07, 6.45) is 14.1. The van der Waals surface area contributed by atoms with Crippen LogP contribution in [0.4, 0.5) is 0 Å². The second-order valence-electron chi connectivity index (χ2n) is 6.11. The summed E-state index contributed by atoms with van der Waals surface area (Å²) in [5.41, 5.74) is 0. The van der Waals surface area contributed by atoms with Crippen molar-refractivity contribution in [3.8, 4) is 0 Å². The Morgan fingerprint density at radius 3 is 2.41 bits per heavy atom. The molecule has 1 rings (SSSR count). The van der Waals surface area contributed by atoms with Gasteiger partial charge in [0, 0.05) is 0 Å². The molecule has 0 spiro atoms. The number of carbonyl (C=O) groups excluding carboxylic acids is 1. The molecule has 22 heavy (non-hydrogen) atoms. The van der Waals surface area contributed by atoms with E-state index in [4.69, 9.17) is 9.84 Å². The van der Waals surface area contributed by atoms with Gasteiger partial charge in [-0.15, -0.1) is 0 Å². The predicted molar refractivity (Wildman–Crippen MR) is 86.6 cm³/mol. The number of ether oxygens (including phenoxy) is 1. The second-order valence-corrected chi connectivity index (χ2v) is 6.11. The van der Waals surface area contributed by atoms with Gasteiger partial charge in [0.05, 0.1) is 18.4 Å². The normalized spacial score (nSPS) is 21.9. The molecule has 0 radical (unpaired) electrons. The number of carbonyl (C=O) groups is 2. The fourth-order valence-electron chi connectivity index (χ4n) is 2.97. The van der Waals surface area contributed by atoms with Crippen molar-refractivity contribution in [3.05, 3.63) is 12.2 Å². The van der Waals surface area contributed by atoms with Crippen molar-refractivity contribution >= 4 is 11.9 Å². The second kappa shape index (κ2) is 11.3. The van der Waals surface area contributed by atoms with Crippen molar-refractivity contribution in [2.24, 2.45) is 11.8 Å². The Kier molecular flexibility index (Phi) is 9.60. The molecule has 0 aromatic heterocycles. The van der Waals surface area contributed by atoms with Crippen LogP contribution in [0.5, 0.6) is 0 Å². The van der Waals surface area contributed by atoms with E-state index in [-0.39, 0.29) is 5.97 Å². The first-order valence-corrected chi connectivity index (χ1v) is 8.71. The van der Waals surface area contributed by atoms with E-state index in [1.54, 1.807) is 0 Å². The molecule has 0 saturated heterocycles. The third-order valence-electron chi connectivity index (χ3n) is 4.31. The van der Waals surface area contributed by atoms with Crippen molar-refractivity contribution in [2.45, 2.75) is 71.1 Å². The molecule has 4 nitrogen and oxygen atoms in total. The van der Waals surface area contributed by atoms with Crippen LogP contribution in [0.1, 0.15) is 71.1 Å². The fourth-order valence-corrected chi connectivity index (χ4v) is 2.97. The van der Waals surface area contributed by atoms with Gasteiger partial charge >= 0.3 is 11.9 Å². The van der Waals surface area contributed by atoms with Crippen molar-refractivity contribution in [3.63, 3.8) is 0 Å². The Balaban J connectivity index is 2.16. The number of rotatable bonds is 10. The summed E-state index contributed by atoms with van der Waals surface area (Å²) in [6.45, 7) is 2.55. The summed E-state index contributed by atoms with van der Waals surface area (Å²) in [5, 5.41) is 9.17. The minimum absolute atomic E-state index is 0.330. The number of aliphatic carboxylic acids is 1. The zero-order valence-corrected chi connectivity index (χ0v) is 13.8. The topological polar surface area (TPSA) is 63.6 Å². The highest BCUT2D eigenvalue weighted by atomic mass is 16.5. The number of hydrogen-bond donors (Lipinski definition) is 1. The smallest absolute Gasteiger partial charge is 0.309 e. The molecule has 0 heterocycles. The minimum atomic E-state index is -0.867. The summed E-state index contributed by atoms with van der Waals surface area (Å²) >= 11 is 0. The van der Waals surface area contributed by atoms with Crippen molar-refractivity contribution in [2.75, 3.05) is 6.61 Å². The van der Waals surface area contributed by atoms with Crippen LogP contribution >= 0.6 is 0 Å². The first kappa shape index (κ1) is 18.7. The SMILES string of the molecule is CCCCCC/C=C/CCOC(=O)C1CCCCC1C(=O)O. The van der Waals surface area contributed by atoms with Crippen molar-refractivity contribution in [1.29, 1.82) is 0 Å². The molecule has 126 valence electrons. The van der Waals surface area contributed by atoms with E-state index in [0.29, 0.717) is 25.9 Å². The number of esters is 1. The molecule has 0 bridgehead atoms. The zero-order chi connectivity index (χ0) is 16.2. The standard InChI is InChI=1S/C18H30O4/c1-2-3-4-5-6-7-8-11-14-22-18(21)16-13-10-9-12-15(16)17(19)20/h7-8,15-16H,2-6,9-14H2,1H3,(H,19,20)/b8-7+. The van der Waals surface area contributed by atoms with Gasteiger partial charge in [0.15, 0.2) is 0 Å². The quantitative estimate of drug-likeness (QED) is 0.370. The zero-order valence-electron chi connectivity index (χ0n) is 13.8. The highest BCUT2D eigenvalue weighted by Gasteiger charge is 2.36. The van der Waals surface area contributed by atoms with Crippen LogP contribution in [-0.4, -0.2) is 23.7 Å². The molecule has 0 aromatic carbocycles. The Labute approximate surface area is 133 Å². The number of hydrogen-bond acceptors (Lipinski definition) is 3. The molecule has 0 aromatic rings. The molecule has 4 heteroatoms. The summed E-state index contributed by atoms with van der Waals surface area (Å²) in [4.78, 5) is 23.2. The molecule has 1 aliphatic rings. The van der Waals surface area contributed by atoms with E-state index < -0.39 is 17.8 Å². The Hall–Kier alpha value is -1.32. The molecule has 2 atom stereocenters. The van der Waals surface area contributed by atoms with Gasteiger partial charge in [-0.3, -0.25) is 9.59 Å². The third kappa shape index (κ3) is 7.10. The third-order valence-corrected chi connectivity index (χ3v) is 4.31. The van der Waals surface area contributed by atoms with Crippen LogP contribution in [0.25, 0.3) is 0 Å². The number of carboxylic acid groups (broad SMARTS) is 1. The number of unbranched alkanes of at least 4 members (excludes halogenated alkanes) is 4. The van der Waals surface area contributed by atoms with Gasteiger partial charge in [-0.25, -0.2) is 0 Å². The first-order valence-electron chi connectivity index (χ1n) is 8.71. The molecule has 1 aliphatic carbocycles. The van der Waals surface area contributed by atoms with Crippen LogP contribution in [-0.2, 0) is 14.3 Å². The monoisotopic (exact) mass is 310 g/mol. The highest BCUT2D eigenvalue weighted by molar-refractivity contribution is 5.81. The summed E-state index contributed by atoms with van der Waals surface area (Å²) in [5.74, 6) is -2.21. The molecular formula is C18H30O4. The van der Waals surface area contributed by atoms with E-state index in [1.807, 2.05) is 0 Å². The average Bonchev–Trinajstić information content (AvgIpc) is 2.53. The van der Waals surface area contributed by atoms with Crippen LogP contribution in [0.2, 0.25) is 0 Å². The van der Waals surface area contributed by atoms with E-state index in [2.05, 4.69) is 19.1 Å². The lowest BCUT2D eigenvalue weighted by molar-refractivity contribution is -0.159.